The first-order chi connectivity index (χ1) is 13.5. The molecular formula is C22H26FNO4. The van der Waals surface area contributed by atoms with E-state index in [0.717, 1.165) is 36.4 Å². The zero-order chi connectivity index (χ0) is 20.1. The van der Waals surface area contributed by atoms with Crippen LogP contribution in [-0.4, -0.2) is 45.1 Å². The molecule has 1 saturated heterocycles. The molecule has 0 saturated carbocycles. The molecule has 0 unspecified atom stereocenters. The Hall–Kier alpha value is -2.60. The third-order valence-electron chi connectivity index (χ3n) is 5.18. The molecule has 2 aromatic carbocycles. The van der Waals surface area contributed by atoms with Gasteiger partial charge in [0.05, 0.1) is 26.9 Å². The van der Waals surface area contributed by atoms with Crippen LogP contribution in [0.5, 0.6) is 17.2 Å². The van der Waals surface area contributed by atoms with Gasteiger partial charge in [-0.15, -0.1) is 0 Å². The van der Waals surface area contributed by atoms with Crippen LogP contribution in [0.25, 0.3) is 0 Å². The second-order valence-corrected chi connectivity index (χ2v) is 6.96. The Labute approximate surface area is 165 Å². The number of methoxy groups -OCH3 is 3. The van der Waals surface area contributed by atoms with Crippen molar-refractivity contribution in [3.63, 3.8) is 0 Å². The number of hydrogen-bond donors (Lipinski definition) is 0. The molecule has 0 amide bonds. The lowest BCUT2D eigenvalue weighted by molar-refractivity contribution is 0.0807. The minimum absolute atomic E-state index is 0.0707. The van der Waals surface area contributed by atoms with Gasteiger partial charge in [0.15, 0.2) is 5.78 Å². The zero-order valence-electron chi connectivity index (χ0n) is 16.5. The van der Waals surface area contributed by atoms with Crippen LogP contribution >= 0.6 is 0 Å². The second kappa shape index (κ2) is 9.06. The van der Waals surface area contributed by atoms with E-state index < -0.39 is 5.82 Å². The molecule has 2 aromatic rings. The zero-order valence-corrected chi connectivity index (χ0v) is 16.5. The van der Waals surface area contributed by atoms with Crippen molar-refractivity contribution < 1.29 is 23.4 Å². The topological polar surface area (TPSA) is 48.0 Å². The molecule has 0 bridgehead atoms. The van der Waals surface area contributed by atoms with E-state index >= 15 is 0 Å². The van der Waals surface area contributed by atoms with Gasteiger partial charge in [-0.05, 0) is 55.8 Å². The van der Waals surface area contributed by atoms with Gasteiger partial charge in [-0.2, -0.15) is 0 Å². The maximum atomic E-state index is 13.7. The second-order valence-electron chi connectivity index (χ2n) is 6.96. The van der Waals surface area contributed by atoms with Gasteiger partial charge < -0.3 is 14.2 Å². The first-order valence-electron chi connectivity index (χ1n) is 9.36. The van der Waals surface area contributed by atoms with Crippen molar-refractivity contribution in [1.82, 2.24) is 4.90 Å². The molecule has 28 heavy (non-hydrogen) atoms. The van der Waals surface area contributed by atoms with E-state index in [1.807, 2.05) is 18.2 Å². The number of rotatable bonds is 7. The molecule has 1 aliphatic heterocycles. The smallest absolute Gasteiger partial charge is 0.171 e. The van der Waals surface area contributed by atoms with Crippen molar-refractivity contribution in [3.8, 4) is 17.2 Å². The Bertz CT molecular complexity index is 839. The summed E-state index contributed by atoms with van der Waals surface area (Å²) in [7, 11) is 4.77. The van der Waals surface area contributed by atoms with Gasteiger partial charge in [0, 0.05) is 24.6 Å². The monoisotopic (exact) mass is 387 g/mol. The number of carbonyl (C=O) groups excluding carboxylic acids is 1. The molecule has 0 aliphatic carbocycles. The van der Waals surface area contributed by atoms with Crippen molar-refractivity contribution in [1.29, 1.82) is 0 Å². The summed E-state index contributed by atoms with van der Waals surface area (Å²) >= 11 is 0. The molecule has 0 N–H and O–H groups in total. The van der Waals surface area contributed by atoms with Crippen LogP contribution in [0.2, 0.25) is 0 Å². The minimum atomic E-state index is -0.432. The van der Waals surface area contributed by atoms with Crippen LogP contribution in [0.15, 0.2) is 36.4 Å². The fourth-order valence-corrected chi connectivity index (χ4v) is 3.75. The van der Waals surface area contributed by atoms with E-state index in [-0.39, 0.29) is 11.7 Å². The van der Waals surface area contributed by atoms with Crippen molar-refractivity contribution in [2.24, 2.45) is 5.92 Å². The summed E-state index contributed by atoms with van der Waals surface area (Å²) in [6, 6.07) is 9.78. The third-order valence-corrected chi connectivity index (χ3v) is 5.18. The standard InChI is InChI=1S/C22H26FNO4/c1-26-18-7-9-20(27-2)16(11-18)14-24-10-4-5-15(13-24)22(25)19-12-17(23)6-8-21(19)28-3/h6-9,11-12,15H,4-5,10,13-14H2,1-3H3/t15-/m1/s1. The molecule has 150 valence electrons. The minimum Gasteiger partial charge on any atom is -0.497 e. The molecule has 3 rings (SSSR count). The lowest BCUT2D eigenvalue weighted by Gasteiger charge is -2.32. The molecule has 1 aliphatic rings. The van der Waals surface area contributed by atoms with Crippen molar-refractivity contribution >= 4 is 5.78 Å². The summed E-state index contributed by atoms with van der Waals surface area (Å²) in [5.74, 6) is 1.28. The quantitative estimate of drug-likeness (QED) is 0.674. The van der Waals surface area contributed by atoms with Crippen LogP contribution in [0.3, 0.4) is 0 Å². The highest BCUT2D eigenvalue weighted by atomic mass is 19.1. The van der Waals surface area contributed by atoms with Gasteiger partial charge in [0.2, 0.25) is 0 Å². The number of benzene rings is 2. The number of Topliss-reactive ketones (excluding diaryl/α,β-unsaturated/α-hetero) is 1. The van der Waals surface area contributed by atoms with Gasteiger partial charge in [0.25, 0.3) is 0 Å². The molecule has 1 atom stereocenters. The first kappa shape index (κ1) is 20.1. The Morgan fingerprint density at radius 1 is 1.07 bits per heavy atom. The predicted molar refractivity (Wildman–Crippen MR) is 105 cm³/mol. The summed E-state index contributed by atoms with van der Waals surface area (Å²) in [6.07, 6.45) is 1.69. The van der Waals surface area contributed by atoms with Gasteiger partial charge in [-0.1, -0.05) is 0 Å². The number of piperidine rings is 1. The van der Waals surface area contributed by atoms with Crippen LogP contribution < -0.4 is 14.2 Å². The number of halogens is 1. The average Bonchev–Trinajstić information content (AvgIpc) is 2.73. The van der Waals surface area contributed by atoms with E-state index in [1.165, 1.54) is 25.3 Å². The number of likely N-dealkylation sites (tertiary alicyclic amines) is 1. The number of nitrogens with zero attached hydrogens (tertiary/aromatic N) is 1. The van der Waals surface area contributed by atoms with Gasteiger partial charge >= 0.3 is 0 Å². The normalized spacial score (nSPS) is 17.2. The third kappa shape index (κ3) is 4.44. The molecule has 6 heteroatoms. The van der Waals surface area contributed by atoms with Gasteiger partial charge in [-0.25, -0.2) is 4.39 Å². The molecular weight excluding hydrogens is 361 g/mol. The Morgan fingerprint density at radius 3 is 2.54 bits per heavy atom. The SMILES string of the molecule is COc1ccc(OC)c(CN2CCC[C@@H](C(=O)c3cc(F)ccc3OC)C2)c1. The van der Waals surface area contributed by atoms with E-state index in [9.17, 15) is 9.18 Å². The van der Waals surface area contributed by atoms with Crippen molar-refractivity contribution in [3.05, 3.63) is 53.3 Å². The molecule has 5 nitrogen and oxygen atoms in total. The highest BCUT2D eigenvalue weighted by molar-refractivity contribution is 6.00. The molecule has 0 radical (unpaired) electrons. The maximum Gasteiger partial charge on any atom is 0.171 e. The van der Waals surface area contributed by atoms with Crippen LogP contribution in [0.4, 0.5) is 4.39 Å². The van der Waals surface area contributed by atoms with Crippen LogP contribution in [0, 0.1) is 11.7 Å². The van der Waals surface area contributed by atoms with E-state index in [2.05, 4.69) is 4.90 Å². The van der Waals surface area contributed by atoms with Crippen molar-refractivity contribution in [2.75, 3.05) is 34.4 Å². The number of carbonyl (C=O) groups is 1. The molecule has 0 aromatic heterocycles. The fourth-order valence-electron chi connectivity index (χ4n) is 3.75. The molecule has 1 fully saturated rings. The maximum absolute atomic E-state index is 13.7. The molecule has 0 spiro atoms. The summed E-state index contributed by atoms with van der Waals surface area (Å²) in [5.41, 5.74) is 1.33. The summed E-state index contributed by atoms with van der Waals surface area (Å²) < 4.78 is 29.7. The summed E-state index contributed by atoms with van der Waals surface area (Å²) in [5, 5.41) is 0. The number of ketones is 1. The Balaban J connectivity index is 1.76. The largest absolute Gasteiger partial charge is 0.497 e. The molecule has 1 heterocycles. The van der Waals surface area contributed by atoms with Crippen LogP contribution in [-0.2, 0) is 6.54 Å². The lowest BCUT2D eigenvalue weighted by Crippen LogP contribution is -2.38. The summed E-state index contributed by atoms with van der Waals surface area (Å²) in [6.45, 7) is 2.16. The van der Waals surface area contributed by atoms with E-state index in [4.69, 9.17) is 14.2 Å². The Morgan fingerprint density at radius 2 is 1.82 bits per heavy atom. The highest BCUT2D eigenvalue weighted by Gasteiger charge is 2.29. The summed E-state index contributed by atoms with van der Waals surface area (Å²) in [4.78, 5) is 15.3. The van der Waals surface area contributed by atoms with Gasteiger partial charge in [-0.3, -0.25) is 9.69 Å². The Kier molecular flexibility index (Phi) is 6.52. The van der Waals surface area contributed by atoms with E-state index in [0.29, 0.717) is 24.4 Å². The van der Waals surface area contributed by atoms with E-state index in [1.54, 1.807) is 14.2 Å². The van der Waals surface area contributed by atoms with Crippen molar-refractivity contribution in [2.45, 2.75) is 19.4 Å². The fraction of sp³-hybridized carbons (Fsp3) is 0.409. The average molecular weight is 387 g/mol. The van der Waals surface area contributed by atoms with Crippen LogP contribution in [0.1, 0.15) is 28.8 Å². The number of ether oxygens (including phenoxy) is 3. The first-order valence-corrected chi connectivity index (χ1v) is 9.36. The van der Waals surface area contributed by atoms with Gasteiger partial charge in [0.1, 0.15) is 23.1 Å². The predicted octanol–water partition coefficient (Wildman–Crippen LogP) is 3.95. The highest BCUT2D eigenvalue weighted by Crippen LogP contribution is 2.30. The lowest BCUT2D eigenvalue weighted by atomic mass is 9.89. The number of hydrogen-bond acceptors (Lipinski definition) is 5.